The van der Waals surface area contributed by atoms with Gasteiger partial charge in [-0.1, -0.05) is 18.7 Å². The molecular formula is C13H13F4N3OS. The minimum absolute atomic E-state index is 0.00448. The fourth-order valence-corrected chi connectivity index (χ4v) is 2.78. The predicted octanol–water partition coefficient (Wildman–Crippen LogP) is 2.79. The molecule has 4 nitrogen and oxygen atoms in total. The Balaban J connectivity index is 2.53. The molecule has 9 heteroatoms. The SMILES string of the molecule is CCSC(F)(F)C(O)(Cn1cncn1)c1ccc(F)cc1F. The molecule has 0 saturated carbocycles. The number of thioether (sulfide) groups is 1. The van der Waals surface area contributed by atoms with Gasteiger partial charge in [-0.15, -0.1) is 0 Å². The highest BCUT2D eigenvalue weighted by Gasteiger charge is 2.55. The highest BCUT2D eigenvalue weighted by molar-refractivity contribution is 8.00. The first-order valence-electron chi connectivity index (χ1n) is 6.32. The van der Waals surface area contributed by atoms with Gasteiger partial charge in [-0.2, -0.15) is 13.9 Å². The van der Waals surface area contributed by atoms with E-state index in [1.165, 1.54) is 6.92 Å². The summed E-state index contributed by atoms with van der Waals surface area (Å²) < 4.78 is 56.8. The molecule has 0 aliphatic heterocycles. The van der Waals surface area contributed by atoms with Crippen molar-refractivity contribution >= 4 is 11.8 Å². The Morgan fingerprint density at radius 2 is 2.05 bits per heavy atom. The average molecular weight is 335 g/mol. The second-order valence-electron chi connectivity index (χ2n) is 4.53. The van der Waals surface area contributed by atoms with E-state index in [0.29, 0.717) is 6.07 Å². The van der Waals surface area contributed by atoms with Crippen LogP contribution in [0.2, 0.25) is 0 Å². The van der Waals surface area contributed by atoms with Crippen molar-refractivity contribution in [3.05, 3.63) is 48.1 Å². The molecule has 1 heterocycles. The molecule has 2 aromatic rings. The zero-order valence-electron chi connectivity index (χ0n) is 11.5. The third kappa shape index (κ3) is 3.09. The lowest BCUT2D eigenvalue weighted by Crippen LogP contribution is -2.47. The number of benzene rings is 1. The van der Waals surface area contributed by atoms with Crippen molar-refractivity contribution in [2.24, 2.45) is 0 Å². The van der Waals surface area contributed by atoms with Crippen molar-refractivity contribution in [3.63, 3.8) is 0 Å². The molecule has 1 aromatic carbocycles. The Kier molecular flexibility index (Phi) is 4.76. The normalized spacial score (nSPS) is 14.8. The number of nitrogens with zero attached hydrogens (tertiary/aromatic N) is 3. The minimum atomic E-state index is -3.72. The molecule has 2 rings (SSSR count). The van der Waals surface area contributed by atoms with E-state index in [4.69, 9.17) is 0 Å². The Hall–Kier alpha value is -1.61. The lowest BCUT2D eigenvalue weighted by Gasteiger charge is -2.35. The summed E-state index contributed by atoms with van der Waals surface area (Å²) in [5, 5.41) is 10.5. The fraction of sp³-hybridized carbons (Fsp3) is 0.385. The maximum Gasteiger partial charge on any atom is 0.328 e. The molecule has 1 N–H and O–H groups in total. The molecule has 0 fully saturated rings. The second-order valence-corrected chi connectivity index (χ2v) is 5.91. The molecule has 120 valence electrons. The Labute approximate surface area is 128 Å². The standard InChI is InChI=1S/C13H13F4N3OS/c1-2-22-13(16,17)12(21,6-20-8-18-7-19-20)10-4-3-9(14)5-11(10)15/h3-5,7-8,21H,2,6H2,1H3. The number of aromatic nitrogens is 3. The van der Waals surface area contributed by atoms with Crippen LogP contribution in [0.3, 0.4) is 0 Å². The lowest BCUT2D eigenvalue weighted by molar-refractivity contribution is -0.139. The first-order chi connectivity index (χ1) is 10.3. The molecule has 0 aliphatic carbocycles. The topological polar surface area (TPSA) is 50.9 Å². The smallest absolute Gasteiger partial charge is 0.328 e. The van der Waals surface area contributed by atoms with Crippen LogP contribution < -0.4 is 0 Å². The molecule has 1 aromatic heterocycles. The van der Waals surface area contributed by atoms with Crippen LogP contribution in [0.5, 0.6) is 0 Å². The van der Waals surface area contributed by atoms with E-state index in [9.17, 15) is 22.7 Å². The van der Waals surface area contributed by atoms with Gasteiger partial charge in [0.1, 0.15) is 24.3 Å². The van der Waals surface area contributed by atoms with Crippen molar-refractivity contribution in [1.29, 1.82) is 0 Å². The maximum absolute atomic E-state index is 14.4. The molecule has 0 saturated heterocycles. The summed E-state index contributed by atoms with van der Waals surface area (Å²) in [6.07, 6.45) is 2.23. The van der Waals surface area contributed by atoms with Gasteiger partial charge in [-0.25, -0.2) is 18.4 Å². The van der Waals surface area contributed by atoms with Crippen molar-refractivity contribution < 1.29 is 22.7 Å². The number of halogens is 4. The van der Waals surface area contributed by atoms with Gasteiger partial charge < -0.3 is 5.11 Å². The molecule has 1 atom stereocenters. The third-order valence-corrected chi connectivity index (χ3v) is 4.03. The maximum atomic E-state index is 14.4. The monoisotopic (exact) mass is 335 g/mol. The van der Waals surface area contributed by atoms with E-state index in [2.05, 4.69) is 10.1 Å². The summed E-state index contributed by atoms with van der Waals surface area (Å²) in [5.41, 5.74) is -3.60. The zero-order valence-corrected chi connectivity index (χ0v) is 12.3. The van der Waals surface area contributed by atoms with E-state index >= 15 is 0 Å². The fourth-order valence-electron chi connectivity index (χ4n) is 2.01. The first kappa shape index (κ1) is 16.8. The number of rotatable bonds is 6. The summed E-state index contributed by atoms with van der Waals surface area (Å²) in [6.45, 7) is 0.755. The summed E-state index contributed by atoms with van der Waals surface area (Å²) in [6, 6.07) is 2.08. The Morgan fingerprint density at radius 1 is 1.32 bits per heavy atom. The van der Waals surface area contributed by atoms with Crippen LogP contribution in [0, 0.1) is 11.6 Å². The number of hydrogen-bond acceptors (Lipinski definition) is 4. The largest absolute Gasteiger partial charge is 0.376 e. The third-order valence-electron chi connectivity index (χ3n) is 3.04. The van der Waals surface area contributed by atoms with Crippen LogP contribution in [0.1, 0.15) is 12.5 Å². The number of alkyl halides is 2. The van der Waals surface area contributed by atoms with Gasteiger partial charge in [-0.05, 0) is 17.9 Å². The van der Waals surface area contributed by atoms with Crippen LogP contribution in [0.25, 0.3) is 0 Å². The quantitative estimate of drug-likeness (QED) is 0.825. The highest BCUT2D eigenvalue weighted by Crippen LogP contribution is 2.47. The summed E-state index contributed by atoms with van der Waals surface area (Å²) in [4.78, 5) is 3.60. The van der Waals surface area contributed by atoms with Crippen molar-refractivity contribution in [2.75, 3.05) is 5.75 Å². The van der Waals surface area contributed by atoms with E-state index in [1.807, 2.05) is 0 Å². The van der Waals surface area contributed by atoms with Gasteiger partial charge in [0, 0.05) is 11.6 Å². The molecule has 22 heavy (non-hydrogen) atoms. The average Bonchev–Trinajstić information content (AvgIpc) is 2.90. The van der Waals surface area contributed by atoms with Crippen molar-refractivity contribution in [1.82, 2.24) is 14.8 Å². The lowest BCUT2D eigenvalue weighted by atomic mass is 9.93. The number of aliphatic hydroxyl groups is 1. The highest BCUT2D eigenvalue weighted by atomic mass is 32.2. The van der Waals surface area contributed by atoms with E-state index in [-0.39, 0.29) is 17.5 Å². The van der Waals surface area contributed by atoms with Gasteiger partial charge >= 0.3 is 5.25 Å². The molecule has 1 unspecified atom stereocenters. The van der Waals surface area contributed by atoms with Crippen LogP contribution in [0.4, 0.5) is 17.6 Å². The van der Waals surface area contributed by atoms with Gasteiger partial charge in [0.05, 0.1) is 6.54 Å². The van der Waals surface area contributed by atoms with Gasteiger partial charge in [0.2, 0.25) is 0 Å². The molecule has 0 bridgehead atoms. The molecule has 0 radical (unpaired) electrons. The van der Waals surface area contributed by atoms with Gasteiger partial charge in [0.25, 0.3) is 0 Å². The zero-order chi connectivity index (χ0) is 16.4. The summed E-state index contributed by atoms with van der Waals surface area (Å²) >= 11 is 0.165. The van der Waals surface area contributed by atoms with E-state index in [1.54, 1.807) is 0 Å². The van der Waals surface area contributed by atoms with Crippen LogP contribution in [-0.2, 0) is 12.1 Å². The Morgan fingerprint density at radius 3 is 2.59 bits per heavy atom. The van der Waals surface area contributed by atoms with Crippen LogP contribution in [0.15, 0.2) is 30.9 Å². The first-order valence-corrected chi connectivity index (χ1v) is 7.31. The van der Waals surface area contributed by atoms with E-state index < -0.39 is 34.6 Å². The molecule has 0 amide bonds. The van der Waals surface area contributed by atoms with Crippen molar-refractivity contribution in [2.45, 2.75) is 24.3 Å². The van der Waals surface area contributed by atoms with Crippen LogP contribution >= 0.6 is 11.8 Å². The van der Waals surface area contributed by atoms with E-state index in [0.717, 1.165) is 29.5 Å². The molecular weight excluding hydrogens is 322 g/mol. The second kappa shape index (κ2) is 6.25. The molecule has 0 aliphatic rings. The van der Waals surface area contributed by atoms with Gasteiger partial charge in [-0.3, -0.25) is 0 Å². The van der Waals surface area contributed by atoms with Gasteiger partial charge in [0.15, 0.2) is 5.60 Å². The summed E-state index contributed by atoms with van der Waals surface area (Å²) in [5.74, 6) is -2.18. The Bertz CT molecular complexity index is 638. The predicted molar refractivity (Wildman–Crippen MR) is 73.4 cm³/mol. The summed E-state index contributed by atoms with van der Waals surface area (Å²) in [7, 11) is 0. The minimum Gasteiger partial charge on any atom is -0.376 e. The molecule has 0 spiro atoms. The number of hydrogen-bond donors (Lipinski definition) is 1. The van der Waals surface area contributed by atoms with Crippen molar-refractivity contribution in [3.8, 4) is 0 Å². The van der Waals surface area contributed by atoms with Crippen LogP contribution in [-0.4, -0.2) is 30.9 Å².